The summed E-state index contributed by atoms with van der Waals surface area (Å²) in [4.78, 5) is 11.4. The predicted octanol–water partition coefficient (Wildman–Crippen LogP) is 1.47. The molecule has 20 heavy (non-hydrogen) atoms. The van der Waals surface area contributed by atoms with Crippen LogP contribution in [-0.2, 0) is 18.2 Å². The maximum Gasteiger partial charge on any atom is 0.407 e. The van der Waals surface area contributed by atoms with Crippen molar-refractivity contribution in [1.29, 1.82) is 0 Å². The van der Waals surface area contributed by atoms with E-state index in [0.29, 0.717) is 6.54 Å². The fourth-order valence-electron chi connectivity index (χ4n) is 1.66. The summed E-state index contributed by atoms with van der Waals surface area (Å²) in [7, 11) is 1.92. The molecule has 1 aromatic rings. The van der Waals surface area contributed by atoms with Crippen molar-refractivity contribution in [2.24, 2.45) is 7.05 Å². The van der Waals surface area contributed by atoms with Gasteiger partial charge in [0.2, 0.25) is 0 Å². The smallest absolute Gasteiger partial charge is 0.407 e. The van der Waals surface area contributed by atoms with E-state index in [2.05, 4.69) is 15.7 Å². The SMILES string of the molecule is Cn1ccc(CCNCCCNC(=O)OC(C)(C)C)n1. The van der Waals surface area contributed by atoms with Gasteiger partial charge in [-0.2, -0.15) is 5.10 Å². The fraction of sp³-hybridized carbons (Fsp3) is 0.714. The number of nitrogens with one attached hydrogen (secondary N) is 2. The fourth-order valence-corrected chi connectivity index (χ4v) is 1.66. The number of aryl methyl sites for hydroxylation is 1. The normalized spacial score (nSPS) is 11.4. The molecule has 2 N–H and O–H groups in total. The molecule has 0 unspecified atom stereocenters. The molecule has 0 atom stereocenters. The summed E-state index contributed by atoms with van der Waals surface area (Å²) < 4.78 is 6.95. The van der Waals surface area contributed by atoms with Gasteiger partial charge in [-0.25, -0.2) is 4.79 Å². The molecule has 1 rings (SSSR count). The molecule has 1 heterocycles. The van der Waals surface area contributed by atoms with Gasteiger partial charge in [0.25, 0.3) is 0 Å². The Morgan fingerprint density at radius 2 is 2.10 bits per heavy atom. The molecule has 0 bridgehead atoms. The van der Waals surface area contributed by atoms with Crippen LogP contribution in [0.2, 0.25) is 0 Å². The van der Waals surface area contributed by atoms with E-state index in [1.54, 1.807) is 4.68 Å². The lowest BCUT2D eigenvalue weighted by Gasteiger charge is -2.19. The van der Waals surface area contributed by atoms with Crippen molar-refractivity contribution in [3.8, 4) is 0 Å². The maximum absolute atomic E-state index is 11.4. The van der Waals surface area contributed by atoms with Crippen LogP contribution in [0, 0.1) is 0 Å². The van der Waals surface area contributed by atoms with Gasteiger partial charge >= 0.3 is 6.09 Å². The third kappa shape index (κ3) is 7.78. The Morgan fingerprint density at radius 1 is 1.35 bits per heavy atom. The number of aromatic nitrogens is 2. The summed E-state index contributed by atoms with van der Waals surface area (Å²) in [5.74, 6) is 0. The van der Waals surface area contributed by atoms with E-state index in [0.717, 1.165) is 31.6 Å². The summed E-state index contributed by atoms with van der Waals surface area (Å²) in [6.07, 6.45) is 3.38. The summed E-state index contributed by atoms with van der Waals surface area (Å²) >= 11 is 0. The average Bonchev–Trinajstić information content (AvgIpc) is 2.71. The molecular formula is C14H26N4O2. The maximum atomic E-state index is 11.4. The van der Waals surface area contributed by atoms with Gasteiger partial charge in [-0.05, 0) is 39.8 Å². The molecule has 0 aliphatic carbocycles. The lowest BCUT2D eigenvalue weighted by atomic mass is 10.2. The van der Waals surface area contributed by atoms with Crippen LogP contribution in [0.4, 0.5) is 4.79 Å². The Labute approximate surface area is 120 Å². The monoisotopic (exact) mass is 282 g/mol. The number of rotatable bonds is 7. The highest BCUT2D eigenvalue weighted by Crippen LogP contribution is 2.06. The molecule has 0 aromatic carbocycles. The van der Waals surface area contributed by atoms with Gasteiger partial charge < -0.3 is 15.4 Å². The van der Waals surface area contributed by atoms with Gasteiger partial charge in [0.05, 0.1) is 5.69 Å². The minimum atomic E-state index is -0.439. The van der Waals surface area contributed by atoms with Gasteiger partial charge in [0, 0.05) is 32.8 Å². The Kier molecular flexibility index (Phi) is 6.51. The Morgan fingerprint density at radius 3 is 2.70 bits per heavy atom. The predicted molar refractivity (Wildman–Crippen MR) is 78.6 cm³/mol. The van der Waals surface area contributed by atoms with Crippen LogP contribution in [0.5, 0.6) is 0 Å². The van der Waals surface area contributed by atoms with E-state index in [1.807, 2.05) is 40.1 Å². The number of carbonyl (C=O) groups is 1. The van der Waals surface area contributed by atoms with Crippen molar-refractivity contribution in [3.63, 3.8) is 0 Å². The second kappa shape index (κ2) is 7.89. The van der Waals surface area contributed by atoms with E-state index in [-0.39, 0.29) is 6.09 Å². The molecule has 0 spiro atoms. The number of hydrogen-bond donors (Lipinski definition) is 2. The standard InChI is InChI=1S/C14H26N4O2/c1-14(2,3)20-13(19)16-9-5-8-15-10-6-12-7-11-18(4)17-12/h7,11,15H,5-6,8-10H2,1-4H3,(H,16,19). The molecule has 0 fully saturated rings. The van der Waals surface area contributed by atoms with Crippen LogP contribution < -0.4 is 10.6 Å². The second-order valence-electron chi connectivity index (χ2n) is 5.76. The largest absolute Gasteiger partial charge is 0.444 e. The van der Waals surface area contributed by atoms with Crippen molar-refractivity contribution < 1.29 is 9.53 Å². The number of amides is 1. The van der Waals surface area contributed by atoms with Crippen LogP contribution in [0.25, 0.3) is 0 Å². The molecule has 0 saturated heterocycles. The Balaban J connectivity index is 1.96. The molecule has 6 nitrogen and oxygen atoms in total. The molecule has 0 saturated carbocycles. The van der Waals surface area contributed by atoms with Crippen molar-refractivity contribution in [2.75, 3.05) is 19.6 Å². The third-order valence-corrected chi connectivity index (χ3v) is 2.53. The Hall–Kier alpha value is -1.56. The first-order valence-corrected chi connectivity index (χ1v) is 7.03. The summed E-state index contributed by atoms with van der Waals surface area (Å²) in [5.41, 5.74) is 0.650. The van der Waals surface area contributed by atoms with Gasteiger partial charge in [0.1, 0.15) is 5.60 Å². The molecule has 114 valence electrons. The first kappa shape index (κ1) is 16.5. The van der Waals surface area contributed by atoms with Crippen molar-refractivity contribution in [3.05, 3.63) is 18.0 Å². The van der Waals surface area contributed by atoms with E-state index in [4.69, 9.17) is 4.74 Å². The third-order valence-electron chi connectivity index (χ3n) is 2.53. The van der Waals surface area contributed by atoms with Gasteiger partial charge in [0.15, 0.2) is 0 Å². The zero-order chi connectivity index (χ0) is 15.0. The van der Waals surface area contributed by atoms with Crippen molar-refractivity contribution in [1.82, 2.24) is 20.4 Å². The minimum Gasteiger partial charge on any atom is -0.444 e. The van der Waals surface area contributed by atoms with Crippen molar-refractivity contribution >= 4 is 6.09 Å². The zero-order valence-electron chi connectivity index (χ0n) is 12.9. The first-order chi connectivity index (χ1) is 9.37. The minimum absolute atomic E-state index is 0.356. The van der Waals surface area contributed by atoms with Crippen LogP contribution >= 0.6 is 0 Å². The number of carbonyl (C=O) groups excluding carboxylic acids is 1. The van der Waals surface area contributed by atoms with E-state index < -0.39 is 5.60 Å². The highest BCUT2D eigenvalue weighted by atomic mass is 16.6. The molecule has 6 heteroatoms. The topological polar surface area (TPSA) is 68.2 Å². The lowest BCUT2D eigenvalue weighted by molar-refractivity contribution is 0.0527. The van der Waals surface area contributed by atoms with Gasteiger partial charge in [-0.15, -0.1) is 0 Å². The molecule has 1 aromatic heterocycles. The van der Waals surface area contributed by atoms with Crippen LogP contribution in [0.1, 0.15) is 32.9 Å². The quantitative estimate of drug-likeness (QED) is 0.743. The Bertz CT molecular complexity index is 410. The summed E-state index contributed by atoms with van der Waals surface area (Å²) in [6.45, 7) is 7.93. The summed E-state index contributed by atoms with van der Waals surface area (Å²) in [5, 5.41) is 10.4. The highest BCUT2D eigenvalue weighted by molar-refractivity contribution is 5.67. The van der Waals surface area contributed by atoms with Gasteiger partial charge in [-0.3, -0.25) is 4.68 Å². The molecule has 0 radical (unpaired) electrons. The van der Waals surface area contributed by atoms with E-state index in [1.165, 1.54) is 0 Å². The second-order valence-corrected chi connectivity index (χ2v) is 5.76. The van der Waals surface area contributed by atoms with E-state index >= 15 is 0 Å². The molecule has 0 aliphatic rings. The highest BCUT2D eigenvalue weighted by Gasteiger charge is 2.15. The van der Waals surface area contributed by atoms with E-state index in [9.17, 15) is 4.79 Å². The van der Waals surface area contributed by atoms with Crippen LogP contribution in [-0.4, -0.2) is 41.1 Å². The van der Waals surface area contributed by atoms with Crippen LogP contribution in [0.15, 0.2) is 12.3 Å². The molecule has 1 amide bonds. The number of hydrogen-bond acceptors (Lipinski definition) is 4. The lowest BCUT2D eigenvalue weighted by Crippen LogP contribution is -2.34. The zero-order valence-corrected chi connectivity index (χ0v) is 12.9. The van der Waals surface area contributed by atoms with Gasteiger partial charge in [-0.1, -0.05) is 0 Å². The first-order valence-electron chi connectivity index (χ1n) is 7.03. The number of ether oxygens (including phenoxy) is 1. The summed E-state index contributed by atoms with van der Waals surface area (Å²) in [6, 6.07) is 2.02. The van der Waals surface area contributed by atoms with Crippen LogP contribution in [0.3, 0.4) is 0 Å². The van der Waals surface area contributed by atoms with Crippen molar-refractivity contribution in [2.45, 2.75) is 39.2 Å². The number of nitrogens with zero attached hydrogens (tertiary/aromatic N) is 2. The molecule has 0 aliphatic heterocycles. The molecular weight excluding hydrogens is 256 g/mol. The average molecular weight is 282 g/mol. The number of alkyl carbamates (subject to hydrolysis) is 1.